The highest BCUT2D eigenvalue weighted by atomic mass is 79.9. The number of Topliss-reactive ketones (excluding diaryl/α,β-unsaturated/α-hetero) is 1. The number of nitrogens with zero attached hydrogens (tertiary/aromatic N) is 1. The number of carbonyl (C=O) groups excluding carboxylic acids is 2. The summed E-state index contributed by atoms with van der Waals surface area (Å²) in [6.07, 6.45) is 2.12. The van der Waals surface area contributed by atoms with E-state index in [4.69, 9.17) is 0 Å². The van der Waals surface area contributed by atoms with Crippen molar-refractivity contribution < 1.29 is 9.59 Å². The highest BCUT2D eigenvalue weighted by molar-refractivity contribution is 9.09. The molecule has 1 aliphatic rings. The van der Waals surface area contributed by atoms with E-state index in [2.05, 4.69) is 22.9 Å². The first-order chi connectivity index (χ1) is 9.49. The standard InChI is InChI=1S/C16H20BrNO2/c1-4-5-12(8-17)9-18-14-11(3)6-10(2)7-13(14)15(19)16(18)20/h6-7,12H,4-5,8-9H2,1-3H3. The minimum atomic E-state index is -0.379. The van der Waals surface area contributed by atoms with Crippen LogP contribution >= 0.6 is 15.9 Å². The number of amides is 1. The first-order valence-electron chi connectivity index (χ1n) is 7.03. The molecule has 1 atom stereocenters. The van der Waals surface area contributed by atoms with Crippen LogP contribution in [0.2, 0.25) is 0 Å². The van der Waals surface area contributed by atoms with Crippen LogP contribution in [0.4, 0.5) is 5.69 Å². The molecule has 0 saturated heterocycles. The fourth-order valence-electron chi connectivity index (χ4n) is 2.89. The lowest BCUT2D eigenvalue weighted by atomic mass is 10.0. The predicted molar refractivity (Wildman–Crippen MR) is 84.8 cm³/mol. The molecule has 0 aliphatic carbocycles. The van der Waals surface area contributed by atoms with Crippen LogP contribution in [0, 0.1) is 19.8 Å². The third-order valence-electron chi connectivity index (χ3n) is 3.75. The zero-order chi connectivity index (χ0) is 14.9. The smallest absolute Gasteiger partial charge is 0.299 e. The summed E-state index contributed by atoms with van der Waals surface area (Å²) in [6.45, 7) is 6.66. The van der Waals surface area contributed by atoms with Gasteiger partial charge < -0.3 is 4.90 Å². The molecule has 0 N–H and O–H groups in total. The van der Waals surface area contributed by atoms with Crippen LogP contribution < -0.4 is 4.90 Å². The fraction of sp³-hybridized carbons (Fsp3) is 0.500. The molecule has 0 saturated carbocycles. The average Bonchev–Trinajstić information content (AvgIpc) is 2.63. The molecule has 0 spiro atoms. The maximum absolute atomic E-state index is 12.2. The minimum absolute atomic E-state index is 0.364. The molecule has 1 aromatic rings. The summed E-state index contributed by atoms with van der Waals surface area (Å²) >= 11 is 3.51. The summed E-state index contributed by atoms with van der Waals surface area (Å²) in [5, 5.41) is 0.846. The lowest BCUT2D eigenvalue weighted by Crippen LogP contribution is -2.35. The molecule has 2 rings (SSSR count). The third kappa shape index (κ3) is 2.66. The molecule has 3 nitrogen and oxygen atoms in total. The van der Waals surface area contributed by atoms with Crippen molar-refractivity contribution in [2.45, 2.75) is 33.6 Å². The van der Waals surface area contributed by atoms with Crippen molar-refractivity contribution in [3.05, 3.63) is 28.8 Å². The predicted octanol–water partition coefficient (Wildman–Crippen LogP) is 3.64. The van der Waals surface area contributed by atoms with Gasteiger partial charge in [-0.2, -0.15) is 0 Å². The van der Waals surface area contributed by atoms with E-state index in [1.807, 2.05) is 26.0 Å². The van der Waals surface area contributed by atoms with Gasteiger partial charge in [-0.05, 0) is 43.4 Å². The van der Waals surface area contributed by atoms with Crippen molar-refractivity contribution in [1.82, 2.24) is 0 Å². The number of anilines is 1. The van der Waals surface area contributed by atoms with Gasteiger partial charge in [0.05, 0.1) is 11.3 Å². The highest BCUT2D eigenvalue weighted by Gasteiger charge is 2.37. The van der Waals surface area contributed by atoms with Crippen LogP contribution in [0.3, 0.4) is 0 Å². The normalized spacial score (nSPS) is 15.7. The number of carbonyl (C=O) groups is 2. The lowest BCUT2D eigenvalue weighted by Gasteiger charge is -2.23. The van der Waals surface area contributed by atoms with Crippen LogP contribution in [0.25, 0.3) is 0 Å². The van der Waals surface area contributed by atoms with E-state index >= 15 is 0 Å². The molecule has 1 aliphatic heterocycles. The number of benzene rings is 1. The molecule has 4 heteroatoms. The van der Waals surface area contributed by atoms with Gasteiger partial charge in [-0.1, -0.05) is 35.3 Å². The van der Waals surface area contributed by atoms with Gasteiger partial charge in [-0.15, -0.1) is 0 Å². The molecule has 1 unspecified atom stereocenters. The maximum Gasteiger partial charge on any atom is 0.299 e. The second-order valence-electron chi connectivity index (χ2n) is 5.53. The van der Waals surface area contributed by atoms with Crippen molar-refractivity contribution in [3.8, 4) is 0 Å². The average molecular weight is 338 g/mol. The van der Waals surface area contributed by atoms with Gasteiger partial charge in [-0.3, -0.25) is 9.59 Å². The Morgan fingerprint density at radius 2 is 1.95 bits per heavy atom. The number of aryl methyl sites for hydroxylation is 2. The monoisotopic (exact) mass is 337 g/mol. The number of hydrogen-bond donors (Lipinski definition) is 0. The summed E-state index contributed by atoms with van der Waals surface area (Å²) < 4.78 is 0. The summed E-state index contributed by atoms with van der Waals surface area (Å²) in [7, 11) is 0. The summed E-state index contributed by atoms with van der Waals surface area (Å²) in [6, 6.07) is 3.85. The first kappa shape index (κ1) is 15.2. The highest BCUT2D eigenvalue weighted by Crippen LogP contribution is 2.34. The second-order valence-corrected chi connectivity index (χ2v) is 6.18. The van der Waals surface area contributed by atoms with Crippen LogP contribution in [-0.2, 0) is 4.79 Å². The Bertz CT molecular complexity index is 554. The van der Waals surface area contributed by atoms with Crippen LogP contribution in [0.1, 0.15) is 41.3 Å². The van der Waals surface area contributed by atoms with Crippen molar-refractivity contribution in [1.29, 1.82) is 0 Å². The van der Waals surface area contributed by atoms with E-state index in [9.17, 15) is 9.59 Å². The van der Waals surface area contributed by atoms with Gasteiger partial charge in [0.25, 0.3) is 11.7 Å². The molecule has 1 heterocycles. The number of rotatable bonds is 5. The minimum Gasteiger partial charge on any atom is -0.304 e. The Morgan fingerprint density at radius 1 is 1.25 bits per heavy atom. The molecular formula is C16H20BrNO2. The topological polar surface area (TPSA) is 37.4 Å². The molecule has 0 radical (unpaired) electrons. The van der Waals surface area contributed by atoms with E-state index in [1.165, 1.54) is 0 Å². The fourth-order valence-corrected chi connectivity index (χ4v) is 3.42. The second kappa shape index (κ2) is 6.08. The first-order valence-corrected chi connectivity index (χ1v) is 8.15. The number of fused-ring (bicyclic) bond motifs is 1. The van der Waals surface area contributed by atoms with Crippen molar-refractivity contribution >= 4 is 33.3 Å². The Kier molecular flexibility index (Phi) is 4.63. The zero-order valence-electron chi connectivity index (χ0n) is 12.2. The van der Waals surface area contributed by atoms with Gasteiger partial charge in [0, 0.05) is 11.9 Å². The molecule has 0 bridgehead atoms. The SMILES string of the molecule is CCCC(CBr)CN1C(=O)C(=O)c2cc(C)cc(C)c21. The Morgan fingerprint density at radius 3 is 2.55 bits per heavy atom. The summed E-state index contributed by atoms with van der Waals surface area (Å²) in [5.41, 5.74) is 3.41. The number of halogens is 1. The van der Waals surface area contributed by atoms with Gasteiger partial charge in [-0.25, -0.2) is 0 Å². The number of hydrogen-bond acceptors (Lipinski definition) is 2. The Labute approximate surface area is 128 Å². The molecule has 0 aromatic heterocycles. The lowest BCUT2D eigenvalue weighted by molar-refractivity contribution is -0.114. The van der Waals surface area contributed by atoms with Gasteiger partial charge in [0.1, 0.15) is 0 Å². The van der Waals surface area contributed by atoms with Gasteiger partial charge >= 0.3 is 0 Å². The largest absolute Gasteiger partial charge is 0.304 e. The third-order valence-corrected chi connectivity index (χ3v) is 4.67. The van der Waals surface area contributed by atoms with E-state index in [1.54, 1.807) is 4.90 Å². The molecule has 1 amide bonds. The van der Waals surface area contributed by atoms with E-state index in [0.29, 0.717) is 18.0 Å². The van der Waals surface area contributed by atoms with Gasteiger partial charge in [0.2, 0.25) is 0 Å². The van der Waals surface area contributed by atoms with E-state index in [-0.39, 0.29) is 11.7 Å². The number of alkyl halides is 1. The quantitative estimate of drug-likeness (QED) is 0.607. The van der Waals surface area contributed by atoms with Gasteiger partial charge in [0.15, 0.2) is 0 Å². The van der Waals surface area contributed by atoms with Crippen molar-refractivity contribution in [3.63, 3.8) is 0 Å². The Balaban J connectivity index is 2.37. The van der Waals surface area contributed by atoms with Crippen molar-refractivity contribution in [2.75, 3.05) is 16.8 Å². The van der Waals surface area contributed by atoms with E-state index in [0.717, 1.165) is 35.0 Å². The molecule has 108 valence electrons. The van der Waals surface area contributed by atoms with Crippen molar-refractivity contribution in [2.24, 2.45) is 5.92 Å². The number of ketones is 1. The Hall–Kier alpha value is -1.16. The van der Waals surface area contributed by atoms with E-state index < -0.39 is 0 Å². The van der Waals surface area contributed by atoms with Crippen LogP contribution in [-0.4, -0.2) is 23.6 Å². The molecule has 20 heavy (non-hydrogen) atoms. The van der Waals surface area contributed by atoms with Crippen LogP contribution in [0.5, 0.6) is 0 Å². The molecule has 0 fully saturated rings. The summed E-state index contributed by atoms with van der Waals surface area (Å²) in [4.78, 5) is 26.1. The molecule has 1 aromatic carbocycles. The van der Waals surface area contributed by atoms with Crippen LogP contribution in [0.15, 0.2) is 12.1 Å². The zero-order valence-corrected chi connectivity index (χ0v) is 13.8. The molecular weight excluding hydrogens is 318 g/mol. The summed E-state index contributed by atoms with van der Waals surface area (Å²) in [5.74, 6) is -0.365. The maximum atomic E-state index is 12.2.